The molecule has 1 rings (SSSR count). The van der Waals surface area contributed by atoms with Gasteiger partial charge in [0, 0.05) is 12.6 Å². The number of rotatable bonds is 7. The summed E-state index contributed by atoms with van der Waals surface area (Å²) in [6, 6.07) is -1.33. The lowest BCUT2D eigenvalue weighted by Crippen LogP contribution is -2.60. The Morgan fingerprint density at radius 2 is 1.80 bits per heavy atom. The van der Waals surface area contributed by atoms with E-state index in [1.165, 1.54) is 6.92 Å². The molecule has 0 bridgehead atoms. The van der Waals surface area contributed by atoms with Crippen LogP contribution in [0.15, 0.2) is 11.6 Å². The highest BCUT2D eigenvalue weighted by molar-refractivity contribution is 5.91. The zero-order valence-corrected chi connectivity index (χ0v) is 20.2. The number of carbonyl (C=O) groups excluding carboxylic acids is 2. The SMILES string of the molecule is CC(=C[C@H](C(C)C)N(C)C(=O)[C@@H](NC(=O)C1CC(C)CCN1C)C(C)(C)C)C(=O)O. The van der Waals surface area contributed by atoms with Crippen molar-refractivity contribution in [1.29, 1.82) is 0 Å². The summed E-state index contributed by atoms with van der Waals surface area (Å²) in [5.41, 5.74) is -0.296. The lowest BCUT2D eigenvalue weighted by Gasteiger charge is -2.40. The maximum atomic E-state index is 13.5. The van der Waals surface area contributed by atoms with Crippen molar-refractivity contribution in [3.63, 3.8) is 0 Å². The first-order valence-electron chi connectivity index (χ1n) is 10.9. The minimum absolute atomic E-state index is 0.0231. The topological polar surface area (TPSA) is 90.0 Å². The van der Waals surface area contributed by atoms with Crippen molar-refractivity contribution in [2.24, 2.45) is 17.3 Å². The van der Waals surface area contributed by atoms with Crippen LogP contribution in [0.25, 0.3) is 0 Å². The molecule has 30 heavy (non-hydrogen) atoms. The molecule has 0 saturated carbocycles. The summed E-state index contributed by atoms with van der Waals surface area (Å²) in [6.07, 6.45) is 3.46. The number of amides is 2. The van der Waals surface area contributed by atoms with Gasteiger partial charge in [0.05, 0.1) is 12.1 Å². The van der Waals surface area contributed by atoms with Crippen LogP contribution in [0, 0.1) is 17.3 Å². The highest BCUT2D eigenvalue weighted by Gasteiger charge is 2.39. The van der Waals surface area contributed by atoms with Crippen molar-refractivity contribution in [1.82, 2.24) is 15.1 Å². The summed E-state index contributed by atoms with van der Waals surface area (Å²) in [5, 5.41) is 12.3. The van der Waals surface area contributed by atoms with E-state index in [1.54, 1.807) is 18.0 Å². The van der Waals surface area contributed by atoms with Crippen LogP contribution >= 0.6 is 0 Å². The van der Waals surface area contributed by atoms with Crippen molar-refractivity contribution < 1.29 is 19.5 Å². The largest absolute Gasteiger partial charge is 0.478 e. The molecule has 2 amide bonds. The monoisotopic (exact) mass is 423 g/mol. The van der Waals surface area contributed by atoms with Gasteiger partial charge in [0.15, 0.2) is 0 Å². The second-order valence-corrected chi connectivity index (χ2v) is 10.3. The molecule has 0 aliphatic carbocycles. The maximum Gasteiger partial charge on any atom is 0.331 e. The van der Waals surface area contributed by atoms with Crippen molar-refractivity contribution >= 4 is 17.8 Å². The molecule has 1 fully saturated rings. The summed E-state index contributed by atoms with van der Waals surface area (Å²) in [7, 11) is 3.63. The molecule has 0 aromatic heterocycles. The van der Waals surface area contributed by atoms with E-state index in [0.29, 0.717) is 5.92 Å². The highest BCUT2D eigenvalue weighted by atomic mass is 16.4. The number of carboxylic acids is 1. The predicted molar refractivity (Wildman–Crippen MR) is 119 cm³/mol. The number of hydrogen-bond acceptors (Lipinski definition) is 4. The minimum Gasteiger partial charge on any atom is -0.478 e. The second kappa shape index (κ2) is 10.4. The van der Waals surface area contributed by atoms with Gasteiger partial charge >= 0.3 is 5.97 Å². The van der Waals surface area contributed by atoms with Crippen LogP contribution in [0.2, 0.25) is 0 Å². The van der Waals surface area contributed by atoms with Gasteiger partial charge < -0.3 is 15.3 Å². The average Bonchev–Trinajstić information content (AvgIpc) is 2.63. The average molecular weight is 424 g/mol. The standard InChI is InChI=1S/C23H41N3O4/c1-14(2)17(13-16(4)22(29)30)26(9)21(28)19(23(5,6)7)24-20(27)18-12-15(3)10-11-25(18)8/h13-15,17-19H,10-12H2,1-9H3,(H,24,27)(H,29,30)/t15?,17-,18?,19-/m1/s1. The fraction of sp³-hybridized carbons (Fsp3) is 0.783. The molecular weight excluding hydrogens is 382 g/mol. The molecule has 1 aliphatic rings. The van der Waals surface area contributed by atoms with Crippen LogP contribution in [-0.4, -0.2) is 71.5 Å². The number of nitrogens with one attached hydrogen (secondary N) is 1. The van der Waals surface area contributed by atoms with Crippen molar-refractivity contribution in [2.75, 3.05) is 20.6 Å². The molecule has 0 spiro atoms. The summed E-state index contributed by atoms with van der Waals surface area (Å²) in [6.45, 7) is 14.2. The van der Waals surface area contributed by atoms with Gasteiger partial charge in [-0.3, -0.25) is 14.5 Å². The third-order valence-electron chi connectivity index (χ3n) is 6.07. The van der Waals surface area contributed by atoms with Crippen molar-refractivity contribution in [3.05, 3.63) is 11.6 Å². The molecule has 1 heterocycles. The van der Waals surface area contributed by atoms with E-state index in [0.717, 1.165) is 19.4 Å². The van der Waals surface area contributed by atoms with Gasteiger partial charge in [0.25, 0.3) is 0 Å². The zero-order valence-electron chi connectivity index (χ0n) is 20.2. The smallest absolute Gasteiger partial charge is 0.331 e. The first kappa shape index (κ1) is 26.1. The van der Waals surface area contributed by atoms with Gasteiger partial charge in [-0.05, 0) is 50.6 Å². The third kappa shape index (κ3) is 6.83. The number of likely N-dealkylation sites (tertiary alicyclic amines) is 1. The molecule has 7 heteroatoms. The highest BCUT2D eigenvalue weighted by Crippen LogP contribution is 2.26. The van der Waals surface area contributed by atoms with E-state index in [9.17, 15) is 19.5 Å². The lowest BCUT2D eigenvalue weighted by molar-refractivity contribution is -0.141. The van der Waals surface area contributed by atoms with E-state index in [2.05, 4.69) is 17.1 Å². The second-order valence-electron chi connectivity index (χ2n) is 10.3. The molecule has 0 radical (unpaired) electrons. The number of piperidine rings is 1. The van der Waals surface area contributed by atoms with Crippen LogP contribution in [-0.2, 0) is 14.4 Å². The van der Waals surface area contributed by atoms with Crippen molar-refractivity contribution in [3.8, 4) is 0 Å². The van der Waals surface area contributed by atoms with Gasteiger partial charge in [0.1, 0.15) is 6.04 Å². The van der Waals surface area contributed by atoms with Crippen LogP contribution in [0.5, 0.6) is 0 Å². The molecule has 2 unspecified atom stereocenters. The Morgan fingerprint density at radius 3 is 2.27 bits per heavy atom. The maximum absolute atomic E-state index is 13.5. The van der Waals surface area contributed by atoms with Gasteiger partial charge in [-0.1, -0.05) is 47.6 Å². The summed E-state index contributed by atoms with van der Waals surface area (Å²) in [4.78, 5) is 41.5. The third-order valence-corrected chi connectivity index (χ3v) is 6.07. The number of nitrogens with zero attached hydrogens (tertiary/aromatic N) is 2. The zero-order chi connectivity index (χ0) is 23.4. The molecule has 4 atom stereocenters. The number of carbonyl (C=O) groups is 3. The van der Waals surface area contributed by atoms with Crippen LogP contribution < -0.4 is 5.32 Å². The fourth-order valence-electron chi connectivity index (χ4n) is 3.88. The Balaban J connectivity index is 3.12. The van der Waals surface area contributed by atoms with Crippen molar-refractivity contribution in [2.45, 2.75) is 79.4 Å². The Morgan fingerprint density at radius 1 is 1.23 bits per heavy atom. The molecule has 172 valence electrons. The van der Waals surface area contributed by atoms with Gasteiger partial charge in [0.2, 0.25) is 11.8 Å². The quantitative estimate of drug-likeness (QED) is 0.615. The first-order chi connectivity index (χ1) is 13.7. The van der Waals surface area contributed by atoms with Gasteiger partial charge in [-0.25, -0.2) is 4.79 Å². The summed E-state index contributed by atoms with van der Waals surface area (Å²) < 4.78 is 0. The normalized spacial score (nSPS) is 23.1. The summed E-state index contributed by atoms with van der Waals surface area (Å²) >= 11 is 0. The number of likely N-dealkylation sites (N-methyl/N-ethyl adjacent to an activating group) is 2. The van der Waals surface area contributed by atoms with E-state index in [-0.39, 0.29) is 35.4 Å². The molecule has 7 nitrogen and oxygen atoms in total. The first-order valence-corrected chi connectivity index (χ1v) is 10.9. The Labute approximate surface area is 181 Å². The lowest BCUT2D eigenvalue weighted by atomic mass is 9.84. The van der Waals surface area contributed by atoms with E-state index in [4.69, 9.17) is 0 Å². The fourth-order valence-corrected chi connectivity index (χ4v) is 3.88. The molecule has 1 aliphatic heterocycles. The summed E-state index contributed by atoms with van der Waals surface area (Å²) in [5.74, 6) is -0.844. The van der Waals surface area contributed by atoms with E-state index < -0.39 is 17.4 Å². The number of carboxylic acid groups (broad SMARTS) is 1. The van der Waals surface area contributed by atoms with Crippen LogP contribution in [0.4, 0.5) is 0 Å². The number of aliphatic carboxylic acids is 1. The van der Waals surface area contributed by atoms with Gasteiger partial charge in [-0.2, -0.15) is 0 Å². The Kier molecular flexibility index (Phi) is 9.08. The predicted octanol–water partition coefficient (Wildman–Crippen LogP) is 2.76. The van der Waals surface area contributed by atoms with Gasteiger partial charge in [-0.15, -0.1) is 0 Å². The molecule has 0 aromatic rings. The molecular formula is C23H41N3O4. The molecule has 1 saturated heterocycles. The molecule has 2 N–H and O–H groups in total. The Hall–Kier alpha value is -1.89. The van der Waals surface area contributed by atoms with Crippen LogP contribution in [0.1, 0.15) is 61.3 Å². The molecule has 0 aromatic carbocycles. The number of hydrogen-bond donors (Lipinski definition) is 2. The van der Waals surface area contributed by atoms with Crippen LogP contribution in [0.3, 0.4) is 0 Å². The van der Waals surface area contributed by atoms with E-state index >= 15 is 0 Å². The Bertz CT molecular complexity index is 666. The minimum atomic E-state index is -1.00. The van der Waals surface area contributed by atoms with E-state index in [1.807, 2.05) is 41.7 Å².